The first kappa shape index (κ1) is 5.10. The SMILES string of the molecule is CC1=NO[C@H](C#N)C1. The lowest BCUT2D eigenvalue weighted by atomic mass is 10.2. The van der Waals surface area contributed by atoms with E-state index in [1.54, 1.807) is 0 Å². The van der Waals surface area contributed by atoms with Gasteiger partial charge in [0.05, 0.1) is 5.71 Å². The van der Waals surface area contributed by atoms with Crippen molar-refractivity contribution in [2.75, 3.05) is 0 Å². The van der Waals surface area contributed by atoms with Crippen molar-refractivity contribution in [3.05, 3.63) is 0 Å². The zero-order valence-corrected chi connectivity index (χ0v) is 4.59. The summed E-state index contributed by atoms with van der Waals surface area (Å²) in [5.41, 5.74) is 0.900. The standard InChI is InChI=1S/C5H6N2O/c1-4-2-5(3-6)8-7-4/h5H,2H2,1H3/t5-/m0/s1. The van der Waals surface area contributed by atoms with Gasteiger partial charge in [0.1, 0.15) is 6.07 Å². The normalized spacial score (nSPS) is 26.0. The van der Waals surface area contributed by atoms with E-state index in [4.69, 9.17) is 5.26 Å². The molecule has 0 bridgehead atoms. The molecule has 0 aromatic rings. The minimum absolute atomic E-state index is 0.324. The zero-order chi connectivity index (χ0) is 5.98. The molecule has 0 radical (unpaired) electrons. The predicted octanol–water partition coefficient (Wildman–Crippen LogP) is 0.675. The lowest BCUT2D eigenvalue weighted by molar-refractivity contribution is 0.125. The van der Waals surface area contributed by atoms with Gasteiger partial charge in [0.15, 0.2) is 0 Å². The second-order valence-corrected chi connectivity index (χ2v) is 1.75. The highest BCUT2D eigenvalue weighted by molar-refractivity contribution is 5.83. The number of nitriles is 1. The van der Waals surface area contributed by atoms with Gasteiger partial charge in [0.25, 0.3) is 0 Å². The van der Waals surface area contributed by atoms with Gasteiger partial charge in [-0.1, -0.05) is 5.16 Å². The Bertz CT molecular complexity index is 156. The maximum Gasteiger partial charge on any atom is 0.217 e. The van der Waals surface area contributed by atoms with Crippen LogP contribution >= 0.6 is 0 Å². The summed E-state index contributed by atoms with van der Waals surface area (Å²) in [6.07, 6.45) is 0.339. The third kappa shape index (κ3) is 0.784. The predicted molar refractivity (Wildman–Crippen MR) is 28.2 cm³/mol. The van der Waals surface area contributed by atoms with Crippen LogP contribution < -0.4 is 0 Å². The Labute approximate surface area is 47.5 Å². The summed E-state index contributed by atoms with van der Waals surface area (Å²) in [5, 5.41) is 11.8. The summed E-state index contributed by atoms with van der Waals surface area (Å²) < 4.78 is 0. The smallest absolute Gasteiger partial charge is 0.217 e. The highest BCUT2D eigenvalue weighted by Crippen LogP contribution is 2.07. The summed E-state index contributed by atoms with van der Waals surface area (Å²) >= 11 is 0. The van der Waals surface area contributed by atoms with E-state index in [0.717, 1.165) is 5.71 Å². The van der Waals surface area contributed by atoms with Crippen molar-refractivity contribution in [1.29, 1.82) is 5.26 Å². The molecule has 0 spiro atoms. The Morgan fingerprint density at radius 3 is 3.00 bits per heavy atom. The minimum Gasteiger partial charge on any atom is -0.377 e. The first-order valence-electron chi connectivity index (χ1n) is 2.42. The highest BCUT2D eigenvalue weighted by atomic mass is 16.6. The van der Waals surface area contributed by atoms with Crippen molar-refractivity contribution < 1.29 is 4.84 Å². The molecule has 0 fully saturated rings. The van der Waals surface area contributed by atoms with Crippen molar-refractivity contribution in [1.82, 2.24) is 0 Å². The molecule has 1 heterocycles. The molecule has 1 aliphatic rings. The molecule has 3 nitrogen and oxygen atoms in total. The monoisotopic (exact) mass is 110 g/mol. The van der Waals surface area contributed by atoms with E-state index in [1.807, 2.05) is 13.0 Å². The van der Waals surface area contributed by atoms with E-state index in [-0.39, 0.29) is 6.10 Å². The van der Waals surface area contributed by atoms with Crippen LogP contribution in [0.2, 0.25) is 0 Å². The molecule has 3 heteroatoms. The Hall–Kier alpha value is -1.04. The fourth-order valence-corrected chi connectivity index (χ4v) is 0.566. The van der Waals surface area contributed by atoms with Crippen LogP contribution in [0.25, 0.3) is 0 Å². The molecule has 0 amide bonds. The third-order valence-electron chi connectivity index (χ3n) is 0.961. The van der Waals surface area contributed by atoms with E-state index in [1.165, 1.54) is 0 Å². The molecule has 1 aliphatic heterocycles. The van der Waals surface area contributed by atoms with Gasteiger partial charge < -0.3 is 4.84 Å². The molecule has 0 aliphatic carbocycles. The molecule has 0 aromatic carbocycles. The van der Waals surface area contributed by atoms with Crippen LogP contribution in [0.15, 0.2) is 5.16 Å². The van der Waals surface area contributed by atoms with Crippen LogP contribution in [0.4, 0.5) is 0 Å². The second-order valence-electron chi connectivity index (χ2n) is 1.75. The Kier molecular flexibility index (Phi) is 1.17. The highest BCUT2D eigenvalue weighted by Gasteiger charge is 2.15. The summed E-state index contributed by atoms with van der Waals surface area (Å²) in [5.74, 6) is 0. The van der Waals surface area contributed by atoms with Crippen molar-refractivity contribution in [2.45, 2.75) is 19.4 Å². The van der Waals surface area contributed by atoms with Crippen LogP contribution in [0.5, 0.6) is 0 Å². The van der Waals surface area contributed by atoms with E-state index in [2.05, 4.69) is 9.99 Å². The van der Waals surface area contributed by atoms with Gasteiger partial charge in [0.2, 0.25) is 6.10 Å². The Morgan fingerprint density at radius 1 is 2.00 bits per heavy atom. The Balaban J connectivity index is 2.47. The molecule has 1 rings (SSSR count). The van der Waals surface area contributed by atoms with Gasteiger partial charge >= 0.3 is 0 Å². The van der Waals surface area contributed by atoms with Gasteiger partial charge in [0, 0.05) is 6.42 Å². The quantitative estimate of drug-likeness (QED) is 0.460. The molecular formula is C5H6N2O. The summed E-state index contributed by atoms with van der Waals surface area (Å²) in [4.78, 5) is 4.64. The van der Waals surface area contributed by atoms with Gasteiger partial charge in [-0.2, -0.15) is 5.26 Å². The largest absolute Gasteiger partial charge is 0.377 e. The molecule has 0 saturated carbocycles. The van der Waals surface area contributed by atoms with Crippen molar-refractivity contribution in [3.8, 4) is 6.07 Å². The Morgan fingerprint density at radius 2 is 2.75 bits per heavy atom. The van der Waals surface area contributed by atoms with Crippen LogP contribution in [0, 0.1) is 11.3 Å². The molecule has 0 saturated heterocycles. The van der Waals surface area contributed by atoms with E-state index < -0.39 is 0 Å². The van der Waals surface area contributed by atoms with E-state index >= 15 is 0 Å². The molecular weight excluding hydrogens is 104 g/mol. The average molecular weight is 110 g/mol. The molecule has 0 aromatic heterocycles. The molecule has 0 unspecified atom stereocenters. The van der Waals surface area contributed by atoms with Crippen LogP contribution in [0.1, 0.15) is 13.3 Å². The van der Waals surface area contributed by atoms with Crippen LogP contribution in [-0.4, -0.2) is 11.8 Å². The summed E-state index contributed by atoms with van der Waals surface area (Å²) in [6.45, 7) is 1.84. The van der Waals surface area contributed by atoms with Crippen molar-refractivity contribution >= 4 is 5.71 Å². The second kappa shape index (κ2) is 1.83. The number of hydrogen-bond donors (Lipinski definition) is 0. The third-order valence-corrected chi connectivity index (χ3v) is 0.961. The zero-order valence-electron chi connectivity index (χ0n) is 4.59. The lowest BCUT2D eigenvalue weighted by Crippen LogP contribution is -2.01. The van der Waals surface area contributed by atoms with Crippen LogP contribution in [0.3, 0.4) is 0 Å². The fourth-order valence-electron chi connectivity index (χ4n) is 0.566. The molecule has 42 valence electrons. The number of nitrogens with zero attached hydrogens (tertiary/aromatic N) is 2. The average Bonchev–Trinajstić information content (AvgIpc) is 2.14. The summed E-state index contributed by atoms with van der Waals surface area (Å²) in [7, 11) is 0. The number of hydrogen-bond acceptors (Lipinski definition) is 3. The number of oxime groups is 1. The maximum atomic E-state index is 8.24. The van der Waals surface area contributed by atoms with Gasteiger partial charge in [-0.25, -0.2) is 0 Å². The van der Waals surface area contributed by atoms with Crippen LogP contribution in [-0.2, 0) is 4.84 Å². The van der Waals surface area contributed by atoms with Crippen molar-refractivity contribution in [3.63, 3.8) is 0 Å². The fraction of sp³-hybridized carbons (Fsp3) is 0.600. The maximum absolute atomic E-state index is 8.24. The molecule has 1 atom stereocenters. The van der Waals surface area contributed by atoms with Gasteiger partial charge in [-0.15, -0.1) is 0 Å². The first-order chi connectivity index (χ1) is 3.83. The van der Waals surface area contributed by atoms with E-state index in [9.17, 15) is 0 Å². The van der Waals surface area contributed by atoms with Gasteiger partial charge in [-0.05, 0) is 6.92 Å². The minimum atomic E-state index is -0.324. The number of rotatable bonds is 0. The lowest BCUT2D eigenvalue weighted by Gasteiger charge is -1.90. The van der Waals surface area contributed by atoms with Gasteiger partial charge in [-0.3, -0.25) is 0 Å². The first-order valence-corrected chi connectivity index (χ1v) is 2.42. The molecule has 0 N–H and O–H groups in total. The van der Waals surface area contributed by atoms with E-state index in [0.29, 0.717) is 6.42 Å². The van der Waals surface area contributed by atoms with Crippen molar-refractivity contribution in [2.24, 2.45) is 5.16 Å². The summed E-state index contributed by atoms with van der Waals surface area (Å²) in [6, 6.07) is 1.96. The topological polar surface area (TPSA) is 45.4 Å². The molecule has 8 heavy (non-hydrogen) atoms.